The second kappa shape index (κ2) is 7.92. The van der Waals surface area contributed by atoms with Crippen LogP contribution in [-0.4, -0.2) is 19.8 Å². The summed E-state index contributed by atoms with van der Waals surface area (Å²) in [6.07, 6.45) is -1.96. The summed E-state index contributed by atoms with van der Waals surface area (Å²) in [4.78, 5) is 3.81. The van der Waals surface area contributed by atoms with E-state index in [1.807, 2.05) is 0 Å². The first-order valence-corrected chi connectivity index (χ1v) is 10.0. The molecule has 29 heavy (non-hydrogen) atoms. The molecule has 0 saturated heterocycles. The molecule has 2 aromatic carbocycles. The van der Waals surface area contributed by atoms with Gasteiger partial charge < -0.3 is 4.74 Å². The van der Waals surface area contributed by atoms with Crippen LogP contribution in [0.15, 0.2) is 65.8 Å². The summed E-state index contributed by atoms with van der Waals surface area (Å²) in [6, 6.07) is 10.7. The molecule has 152 valence electrons. The summed E-state index contributed by atoms with van der Waals surface area (Å²) < 4.78 is 70.0. The van der Waals surface area contributed by atoms with Crippen molar-refractivity contribution in [3.8, 4) is 16.9 Å². The molecule has 0 aliphatic carbocycles. The van der Waals surface area contributed by atoms with Crippen molar-refractivity contribution in [2.75, 3.05) is 4.72 Å². The molecule has 5 nitrogen and oxygen atoms in total. The second-order valence-corrected chi connectivity index (χ2v) is 8.13. The van der Waals surface area contributed by atoms with Gasteiger partial charge in [0, 0.05) is 23.0 Å². The van der Waals surface area contributed by atoms with Crippen molar-refractivity contribution in [2.45, 2.75) is 18.2 Å². The molecule has 0 spiro atoms. The van der Waals surface area contributed by atoms with Gasteiger partial charge in [0.25, 0.3) is 10.0 Å². The van der Waals surface area contributed by atoms with E-state index < -0.39 is 22.1 Å². The fourth-order valence-corrected chi connectivity index (χ4v) is 3.76. The van der Waals surface area contributed by atoms with Crippen LogP contribution in [0.4, 0.5) is 18.9 Å². The third-order valence-corrected chi connectivity index (χ3v) is 5.56. The Morgan fingerprint density at radius 3 is 2.38 bits per heavy atom. The van der Waals surface area contributed by atoms with E-state index in [9.17, 15) is 21.6 Å². The minimum atomic E-state index is -5.01. The Morgan fingerprint density at radius 1 is 1.07 bits per heavy atom. The summed E-state index contributed by atoms with van der Waals surface area (Å²) in [7, 11) is -4.16. The monoisotopic (exact) mass is 442 g/mol. The molecule has 3 aromatic rings. The van der Waals surface area contributed by atoms with Crippen LogP contribution in [0.5, 0.6) is 5.75 Å². The molecule has 0 amide bonds. The Labute approximate surface area is 170 Å². The van der Waals surface area contributed by atoms with Crippen LogP contribution in [0.2, 0.25) is 5.02 Å². The van der Waals surface area contributed by atoms with Gasteiger partial charge in [-0.25, -0.2) is 8.42 Å². The maximum Gasteiger partial charge on any atom is 0.573 e. The molecule has 0 aliphatic heterocycles. The van der Waals surface area contributed by atoms with Gasteiger partial charge in [-0.15, -0.1) is 13.2 Å². The smallest absolute Gasteiger partial charge is 0.404 e. The predicted molar refractivity (Wildman–Crippen MR) is 103 cm³/mol. The van der Waals surface area contributed by atoms with Crippen LogP contribution in [0.1, 0.15) is 5.56 Å². The molecule has 0 bridgehead atoms. The number of sulfonamides is 1. The van der Waals surface area contributed by atoms with E-state index in [1.165, 1.54) is 42.6 Å². The number of nitrogens with one attached hydrogen (secondary N) is 1. The standard InChI is InChI=1S/C19H14ClF3N2O3S/c1-12-8-9-24-11-16(12)13-2-7-17(18(10-13)28-19(21,22)23)25-29(26,27)15-5-3-14(20)4-6-15/h2-11,25H,1H3. The number of hydrogen-bond donors (Lipinski definition) is 1. The van der Waals surface area contributed by atoms with Gasteiger partial charge in [0.15, 0.2) is 5.75 Å². The first-order chi connectivity index (χ1) is 13.5. The van der Waals surface area contributed by atoms with Crippen LogP contribution in [0.3, 0.4) is 0 Å². The highest BCUT2D eigenvalue weighted by molar-refractivity contribution is 7.92. The summed E-state index contributed by atoms with van der Waals surface area (Å²) in [5, 5.41) is 0.321. The molecule has 0 atom stereocenters. The van der Waals surface area contributed by atoms with Gasteiger partial charge in [0.05, 0.1) is 10.6 Å². The lowest BCUT2D eigenvalue weighted by atomic mass is 10.0. The Kier molecular flexibility index (Phi) is 5.72. The number of pyridine rings is 1. The maximum atomic E-state index is 12.9. The van der Waals surface area contributed by atoms with Crippen molar-refractivity contribution in [3.63, 3.8) is 0 Å². The highest BCUT2D eigenvalue weighted by Gasteiger charge is 2.33. The van der Waals surface area contributed by atoms with Gasteiger partial charge in [-0.1, -0.05) is 17.7 Å². The van der Waals surface area contributed by atoms with Gasteiger partial charge >= 0.3 is 6.36 Å². The van der Waals surface area contributed by atoms with E-state index in [0.29, 0.717) is 16.1 Å². The molecule has 0 saturated carbocycles. The van der Waals surface area contributed by atoms with Gasteiger partial charge in [-0.3, -0.25) is 9.71 Å². The number of aryl methyl sites for hydroxylation is 1. The Hall–Kier alpha value is -2.78. The van der Waals surface area contributed by atoms with Crippen LogP contribution < -0.4 is 9.46 Å². The number of ether oxygens (including phenoxy) is 1. The minimum Gasteiger partial charge on any atom is -0.404 e. The molecule has 0 unspecified atom stereocenters. The van der Waals surface area contributed by atoms with Gasteiger partial charge in [-0.2, -0.15) is 0 Å². The molecule has 3 rings (SSSR count). The summed E-state index contributed by atoms with van der Waals surface area (Å²) in [5.74, 6) is -0.684. The van der Waals surface area contributed by atoms with E-state index in [0.717, 1.165) is 11.6 Å². The number of benzene rings is 2. The first kappa shape index (κ1) is 20.9. The quantitative estimate of drug-likeness (QED) is 0.573. The summed E-state index contributed by atoms with van der Waals surface area (Å²) in [6.45, 7) is 1.78. The van der Waals surface area contributed by atoms with Crippen molar-refractivity contribution in [1.82, 2.24) is 4.98 Å². The SMILES string of the molecule is Cc1ccncc1-c1ccc(NS(=O)(=O)c2ccc(Cl)cc2)c(OC(F)(F)F)c1. The number of hydrogen-bond acceptors (Lipinski definition) is 4. The Balaban J connectivity index is 2.03. The number of alkyl halides is 3. The topological polar surface area (TPSA) is 68.3 Å². The zero-order valence-electron chi connectivity index (χ0n) is 14.9. The summed E-state index contributed by atoms with van der Waals surface area (Å²) >= 11 is 5.74. The number of anilines is 1. The number of rotatable bonds is 5. The van der Waals surface area contributed by atoms with E-state index in [2.05, 4.69) is 14.4 Å². The van der Waals surface area contributed by atoms with Crippen LogP contribution in [-0.2, 0) is 10.0 Å². The lowest BCUT2D eigenvalue weighted by Gasteiger charge is -2.17. The Morgan fingerprint density at radius 2 is 1.76 bits per heavy atom. The number of halogens is 4. The molecule has 0 radical (unpaired) electrons. The summed E-state index contributed by atoms with van der Waals surface area (Å²) in [5.41, 5.74) is 1.41. The number of aromatic nitrogens is 1. The van der Waals surface area contributed by atoms with E-state index in [4.69, 9.17) is 11.6 Å². The molecule has 1 aromatic heterocycles. The van der Waals surface area contributed by atoms with Crippen LogP contribution >= 0.6 is 11.6 Å². The van der Waals surface area contributed by atoms with Gasteiger partial charge in [0.1, 0.15) is 0 Å². The molecular formula is C19H14ClF3N2O3S. The highest BCUT2D eigenvalue weighted by Crippen LogP contribution is 2.36. The maximum absolute atomic E-state index is 12.9. The van der Waals surface area contributed by atoms with Crippen molar-refractivity contribution in [1.29, 1.82) is 0 Å². The molecule has 0 fully saturated rings. The van der Waals surface area contributed by atoms with E-state index in [1.54, 1.807) is 19.2 Å². The highest BCUT2D eigenvalue weighted by atomic mass is 35.5. The van der Waals surface area contributed by atoms with Crippen molar-refractivity contribution < 1.29 is 26.3 Å². The molecule has 1 N–H and O–H groups in total. The lowest BCUT2D eigenvalue weighted by Crippen LogP contribution is -2.20. The van der Waals surface area contributed by atoms with Crippen molar-refractivity contribution in [2.24, 2.45) is 0 Å². The van der Waals surface area contributed by atoms with E-state index >= 15 is 0 Å². The molecule has 0 aliphatic rings. The Bertz CT molecular complexity index is 1130. The average Bonchev–Trinajstić information content (AvgIpc) is 2.63. The van der Waals surface area contributed by atoms with Crippen LogP contribution in [0, 0.1) is 6.92 Å². The van der Waals surface area contributed by atoms with E-state index in [-0.39, 0.29) is 10.6 Å². The molecule has 10 heteroatoms. The number of nitrogens with zero attached hydrogens (tertiary/aromatic N) is 1. The first-order valence-electron chi connectivity index (χ1n) is 8.14. The normalized spacial score (nSPS) is 11.9. The average molecular weight is 443 g/mol. The largest absolute Gasteiger partial charge is 0.573 e. The van der Waals surface area contributed by atoms with Crippen LogP contribution in [0.25, 0.3) is 11.1 Å². The third kappa shape index (κ3) is 5.18. The fourth-order valence-electron chi connectivity index (χ4n) is 2.57. The van der Waals surface area contributed by atoms with Crippen molar-refractivity contribution in [3.05, 3.63) is 71.5 Å². The van der Waals surface area contributed by atoms with Crippen molar-refractivity contribution >= 4 is 27.3 Å². The molecule has 1 heterocycles. The molecular weight excluding hydrogens is 429 g/mol. The van der Waals surface area contributed by atoms with Gasteiger partial charge in [-0.05, 0) is 60.5 Å². The third-order valence-electron chi connectivity index (χ3n) is 3.93. The fraction of sp³-hybridized carbons (Fsp3) is 0.105. The minimum absolute atomic E-state index is 0.160. The lowest BCUT2D eigenvalue weighted by molar-refractivity contribution is -0.274. The predicted octanol–water partition coefficient (Wildman–Crippen LogP) is 5.41. The van der Waals surface area contributed by atoms with Gasteiger partial charge in [0.2, 0.25) is 0 Å². The second-order valence-electron chi connectivity index (χ2n) is 6.01. The zero-order chi connectivity index (χ0) is 21.2. The zero-order valence-corrected chi connectivity index (χ0v) is 16.4.